The first-order chi connectivity index (χ1) is 14.7. The van der Waals surface area contributed by atoms with Crippen molar-refractivity contribution in [1.29, 1.82) is 0 Å². The minimum absolute atomic E-state index is 0.0620. The number of carboxylic acids is 1. The Morgan fingerprint density at radius 3 is 2.74 bits per heavy atom. The molecule has 3 heterocycles. The highest BCUT2D eigenvalue weighted by molar-refractivity contribution is 8.26. The predicted octanol–water partition coefficient (Wildman–Crippen LogP) is 5.21. The molecule has 2 aromatic heterocycles. The van der Waals surface area contributed by atoms with E-state index in [-0.39, 0.29) is 29.5 Å². The first-order valence-electron chi connectivity index (χ1n) is 9.26. The predicted molar refractivity (Wildman–Crippen MR) is 113 cm³/mol. The van der Waals surface area contributed by atoms with Gasteiger partial charge in [-0.2, -0.15) is 13.2 Å². The number of carboxylic acid groups (broad SMARTS) is 1. The number of carbonyl (C=O) groups is 2. The third-order valence-corrected chi connectivity index (χ3v) is 5.77. The number of hydrogen-bond donors (Lipinski definition) is 1. The summed E-state index contributed by atoms with van der Waals surface area (Å²) >= 11 is 6.31. The number of amides is 1. The molecule has 0 spiro atoms. The van der Waals surface area contributed by atoms with E-state index in [4.69, 9.17) is 21.7 Å². The van der Waals surface area contributed by atoms with E-state index < -0.39 is 17.7 Å². The third kappa shape index (κ3) is 5.73. The molecule has 0 aliphatic carbocycles. The van der Waals surface area contributed by atoms with Gasteiger partial charge in [0.2, 0.25) is 0 Å². The lowest BCUT2D eigenvalue weighted by molar-refractivity contribution is -0.138. The number of alkyl halides is 3. The zero-order valence-electron chi connectivity index (χ0n) is 16.0. The first kappa shape index (κ1) is 23.0. The number of thiocarbonyl (C=S) groups is 1. The minimum Gasteiger partial charge on any atom is -0.481 e. The zero-order valence-corrected chi connectivity index (χ0v) is 17.6. The maximum absolute atomic E-state index is 13.2. The molecular weight excluding hydrogens is 453 g/mol. The van der Waals surface area contributed by atoms with E-state index in [2.05, 4.69) is 4.98 Å². The van der Waals surface area contributed by atoms with E-state index in [9.17, 15) is 22.8 Å². The van der Waals surface area contributed by atoms with Crippen molar-refractivity contribution in [2.45, 2.75) is 31.9 Å². The molecule has 31 heavy (non-hydrogen) atoms. The Morgan fingerprint density at radius 2 is 2.03 bits per heavy atom. The number of hydrogen-bond acceptors (Lipinski definition) is 6. The monoisotopic (exact) mass is 470 g/mol. The average molecular weight is 470 g/mol. The van der Waals surface area contributed by atoms with Crippen LogP contribution in [0.1, 0.15) is 37.0 Å². The molecular formula is C20H17F3N2O4S2. The molecule has 1 aliphatic rings. The van der Waals surface area contributed by atoms with E-state index in [1.54, 1.807) is 0 Å². The van der Waals surface area contributed by atoms with Gasteiger partial charge in [-0.3, -0.25) is 19.5 Å². The van der Waals surface area contributed by atoms with Crippen molar-refractivity contribution in [2.24, 2.45) is 0 Å². The van der Waals surface area contributed by atoms with Gasteiger partial charge >= 0.3 is 12.1 Å². The molecule has 164 valence electrons. The van der Waals surface area contributed by atoms with Crippen molar-refractivity contribution in [3.63, 3.8) is 0 Å². The summed E-state index contributed by atoms with van der Waals surface area (Å²) in [6.07, 6.45) is -0.0530. The van der Waals surface area contributed by atoms with Crippen molar-refractivity contribution in [2.75, 3.05) is 6.54 Å². The molecule has 6 nitrogen and oxygen atoms in total. The molecule has 0 radical (unpaired) electrons. The molecule has 0 bridgehead atoms. The highest BCUT2D eigenvalue weighted by Crippen LogP contribution is 2.37. The Kier molecular flexibility index (Phi) is 7.16. The van der Waals surface area contributed by atoms with Crippen molar-refractivity contribution < 1.29 is 32.3 Å². The second kappa shape index (κ2) is 9.65. The Balaban J connectivity index is 1.70. The summed E-state index contributed by atoms with van der Waals surface area (Å²) in [7, 11) is 0. The fourth-order valence-corrected chi connectivity index (χ4v) is 4.22. The van der Waals surface area contributed by atoms with Crippen molar-refractivity contribution in [3.8, 4) is 11.5 Å². The van der Waals surface area contributed by atoms with Crippen LogP contribution in [0.5, 0.6) is 0 Å². The van der Waals surface area contributed by atoms with E-state index in [1.165, 1.54) is 35.4 Å². The van der Waals surface area contributed by atoms with Gasteiger partial charge in [0.1, 0.15) is 15.8 Å². The lowest BCUT2D eigenvalue weighted by atomic mass is 10.1. The molecule has 0 saturated carbocycles. The molecule has 2 aromatic rings. The van der Waals surface area contributed by atoms with Gasteiger partial charge in [0.15, 0.2) is 5.76 Å². The van der Waals surface area contributed by atoms with Gasteiger partial charge in [-0.1, -0.05) is 30.4 Å². The summed E-state index contributed by atoms with van der Waals surface area (Å²) in [5.41, 5.74) is -1.24. The van der Waals surface area contributed by atoms with E-state index >= 15 is 0 Å². The van der Waals surface area contributed by atoms with Gasteiger partial charge in [-0.15, -0.1) is 0 Å². The molecule has 3 rings (SSSR count). The number of furan rings is 1. The fraction of sp³-hybridized carbons (Fsp3) is 0.300. The Hall–Kier alpha value is -2.66. The lowest BCUT2D eigenvalue weighted by Crippen LogP contribution is -2.29. The number of aliphatic carboxylic acids is 1. The van der Waals surface area contributed by atoms with Crippen molar-refractivity contribution >= 4 is 46.3 Å². The standard InChI is InChI=1S/C20H17F3N2O4S2/c21-20(22,23)13-5-4-9-24-17(13)14-8-7-12(29-14)11-15-18(28)25(19(30)31-15)10-3-1-2-6-16(26)27/h4-5,7-9,11H,1-3,6,10H2,(H,26,27). The van der Waals surface area contributed by atoms with Crippen LogP contribution in [0.2, 0.25) is 0 Å². The lowest BCUT2D eigenvalue weighted by Gasteiger charge is -2.13. The first-order valence-corrected chi connectivity index (χ1v) is 10.5. The maximum Gasteiger partial charge on any atom is 0.418 e. The number of carbonyl (C=O) groups excluding carboxylic acids is 1. The van der Waals surface area contributed by atoms with Crippen LogP contribution < -0.4 is 0 Å². The summed E-state index contributed by atoms with van der Waals surface area (Å²) in [6, 6.07) is 4.95. The second-order valence-electron chi connectivity index (χ2n) is 6.64. The van der Waals surface area contributed by atoms with Gasteiger partial charge in [-0.05, 0) is 37.1 Å². The van der Waals surface area contributed by atoms with Crippen LogP contribution in [0.25, 0.3) is 17.5 Å². The maximum atomic E-state index is 13.2. The van der Waals surface area contributed by atoms with Gasteiger partial charge in [0.05, 0.1) is 10.5 Å². The highest BCUT2D eigenvalue weighted by Gasteiger charge is 2.35. The third-order valence-electron chi connectivity index (χ3n) is 4.39. The van der Waals surface area contributed by atoms with E-state index in [1.807, 2.05) is 0 Å². The van der Waals surface area contributed by atoms with Crippen LogP contribution in [0.4, 0.5) is 13.2 Å². The molecule has 0 aromatic carbocycles. The molecule has 1 aliphatic heterocycles. The molecule has 0 unspecified atom stereocenters. The molecule has 1 N–H and O–H groups in total. The molecule has 1 amide bonds. The van der Waals surface area contributed by atoms with Crippen LogP contribution in [0, 0.1) is 0 Å². The summed E-state index contributed by atoms with van der Waals surface area (Å²) in [5, 5.41) is 8.65. The van der Waals surface area contributed by atoms with Gasteiger partial charge in [0.25, 0.3) is 5.91 Å². The summed E-state index contributed by atoms with van der Waals surface area (Å²) < 4.78 is 45.5. The van der Waals surface area contributed by atoms with E-state index in [0.717, 1.165) is 17.8 Å². The Bertz CT molecular complexity index is 1030. The largest absolute Gasteiger partial charge is 0.481 e. The molecule has 1 fully saturated rings. The zero-order chi connectivity index (χ0) is 22.6. The Labute approximate surface area is 185 Å². The van der Waals surface area contributed by atoms with E-state index in [0.29, 0.717) is 35.0 Å². The van der Waals surface area contributed by atoms with Crippen molar-refractivity contribution in [1.82, 2.24) is 9.88 Å². The molecule has 11 heteroatoms. The summed E-state index contributed by atoms with van der Waals surface area (Å²) in [6.45, 7) is 0.369. The number of thioether (sulfide) groups is 1. The SMILES string of the molecule is O=C(O)CCCCCN1C(=O)C(=Cc2ccc(-c3ncccc3C(F)(F)F)o2)SC1=S. The normalized spacial score (nSPS) is 15.8. The summed E-state index contributed by atoms with van der Waals surface area (Å²) in [4.78, 5) is 28.7. The van der Waals surface area contributed by atoms with Crippen molar-refractivity contribution in [3.05, 3.63) is 46.7 Å². The van der Waals surface area contributed by atoms with Gasteiger partial charge in [0, 0.05) is 25.2 Å². The van der Waals surface area contributed by atoms with Crippen LogP contribution in [-0.2, 0) is 15.8 Å². The van der Waals surface area contributed by atoms with Crippen LogP contribution in [0.15, 0.2) is 39.8 Å². The van der Waals surface area contributed by atoms with Gasteiger partial charge < -0.3 is 9.52 Å². The second-order valence-corrected chi connectivity index (χ2v) is 8.31. The average Bonchev–Trinajstić information content (AvgIpc) is 3.26. The number of unbranched alkanes of at least 4 members (excludes halogenated alkanes) is 2. The summed E-state index contributed by atoms with van der Waals surface area (Å²) in [5.74, 6) is -1.04. The number of nitrogens with zero attached hydrogens (tertiary/aromatic N) is 2. The van der Waals surface area contributed by atoms with Gasteiger partial charge in [-0.25, -0.2) is 0 Å². The van der Waals surface area contributed by atoms with Crippen LogP contribution in [0.3, 0.4) is 0 Å². The minimum atomic E-state index is -4.58. The number of halogens is 3. The number of rotatable bonds is 8. The van der Waals surface area contributed by atoms with Crippen LogP contribution in [-0.4, -0.2) is 37.7 Å². The topological polar surface area (TPSA) is 83.6 Å². The fourth-order valence-electron chi connectivity index (χ4n) is 2.93. The highest BCUT2D eigenvalue weighted by atomic mass is 32.2. The molecule has 0 atom stereocenters. The molecule has 1 saturated heterocycles. The smallest absolute Gasteiger partial charge is 0.418 e. The number of aromatic nitrogens is 1. The number of pyridine rings is 1. The quantitative estimate of drug-likeness (QED) is 0.322. The Morgan fingerprint density at radius 1 is 1.26 bits per heavy atom. The van der Waals surface area contributed by atoms with Crippen LogP contribution >= 0.6 is 24.0 Å².